The van der Waals surface area contributed by atoms with Crippen LogP contribution in [-0.4, -0.2) is 24.6 Å². The lowest BCUT2D eigenvalue weighted by Crippen LogP contribution is -2.42. The number of sulfone groups is 1. The van der Waals surface area contributed by atoms with Crippen molar-refractivity contribution in [2.24, 2.45) is 0 Å². The van der Waals surface area contributed by atoms with Crippen LogP contribution < -0.4 is 4.74 Å². The number of hydrogen-bond acceptors (Lipinski definition) is 5. The number of phenols is 1. The topological polar surface area (TPSA) is 80.7 Å². The first kappa shape index (κ1) is 17.3. The largest absolute Gasteiger partial charge is 0.508 e. The zero-order valence-electron chi connectivity index (χ0n) is 14.1. The van der Waals surface area contributed by atoms with Crippen molar-refractivity contribution in [3.63, 3.8) is 0 Å². The first-order chi connectivity index (χ1) is 13.0. The Labute approximate surface area is 156 Å². The zero-order valence-corrected chi connectivity index (χ0v) is 15.0. The minimum atomic E-state index is -4.05. The Morgan fingerprint density at radius 3 is 2.19 bits per heavy atom. The molecule has 5 nitrogen and oxygen atoms in total. The Hall–Kier alpha value is -3.12. The van der Waals surface area contributed by atoms with E-state index in [0.29, 0.717) is 5.75 Å². The Bertz CT molecular complexity index is 1110. The van der Waals surface area contributed by atoms with Gasteiger partial charge in [0.15, 0.2) is 27.0 Å². The molecule has 3 aromatic carbocycles. The third-order valence-electron chi connectivity index (χ3n) is 4.59. The number of carbonyl (C=O) groups excluding carboxylic acids is 1. The molecule has 1 aliphatic rings. The van der Waals surface area contributed by atoms with Crippen LogP contribution in [0.5, 0.6) is 11.5 Å². The van der Waals surface area contributed by atoms with Crippen molar-refractivity contribution < 1.29 is 23.1 Å². The molecule has 1 N–H and O–H groups in total. The van der Waals surface area contributed by atoms with Gasteiger partial charge in [-0.05, 0) is 30.3 Å². The molecule has 27 heavy (non-hydrogen) atoms. The lowest BCUT2D eigenvalue weighted by atomic mass is 9.95. The standard InChI is InChI=1S/C21H16O5S/c22-17-12-6-4-10-15(17)20-21(27(24,25)14-8-2-1-3-9-14)19(23)16-11-5-7-13-18(16)26-20/h1-13,20-22H/t20-,21+/m0/s1. The molecule has 0 unspecified atom stereocenters. The quantitative estimate of drug-likeness (QED) is 0.752. The summed E-state index contributed by atoms with van der Waals surface area (Å²) >= 11 is 0. The molecule has 1 heterocycles. The minimum absolute atomic E-state index is 0.0340. The van der Waals surface area contributed by atoms with Crippen molar-refractivity contribution in [3.8, 4) is 11.5 Å². The number of para-hydroxylation sites is 2. The van der Waals surface area contributed by atoms with Crippen LogP contribution >= 0.6 is 0 Å². The minimum Gasteiger partial charge on any atom is -0.508 e. The first-order valence-corrected chi connectivity index (χ1v) is 9.91. The highest BCUT2D eigenvalue weighted by Gasteiger charge is 2.47. The van der Waals surface area contributed by atoms with Crippen molar-refractivity contribution in [2.45, 2.75) is 16.2 Å². The molecule has 6 heteroatoms. The number of phenolic OH excluding ortho intramolecular Hbond substituents is 1. The van der Waals surface area contributed by atoms with E-state index >= 15 is 0 Å². The summed E-state index contributed by atoms with van der Waals surface area (Å²) in [6.07, 6.45) is -1.15. The second-order valence-electron chi connectivity index (χ2n) is 6.24. The summed E-state index contributed by atoms with van der Waals surface area (Å²) in [4.78, 5) is 13.2. The Balaban J connectivity index is 1.93. The monoisotopic (exact) mass is 380 g/mol. The van der Waals surface area contributed by atoms with Gasteiger partial charge in [-0.25, -0.2) is 8.42 Å². The number of benzene rings is 3. The number of fused-ring (bicyclic) bond motifs is 1. The summed E-state index contributed by atoms with van der Waals surface area (Å²) < 4.78 is 32.6. The molecule has 3 aromatic rings. The second kappa shape index (κ2) is 6.55. The summed E-state index contributed by atoms with van der Waals surface area (Å²) in [5.41, 5.74) is 0.471. The fraction of sp³-hybridized carbons (Fsp3) is 0.0952. The smallest absolute Gasteiger partial charge is 0.192 e. The van der Waals surface area contributed by atoms with Crippen molar-refractivity contribution in [1.29, 1.82) is 0 Å². The van der Waals surface area contributed by atoms with Gasteiger partial charge >= 0.3 is 0 Å². The van der Waals surface area contributed by atoms with E-state index in [0.717, 1.165) is 0 Å². The maximum atomic E-state index is 13.3. The molecule has 0 amide bonds. The molecule has 0 fully saturated rings. The fourth-order valence-electron chi connectivity index (χ4n) is 3.28. The van der Waals surface area contributed by atoms with Gasteiger partial charge in [0.05, 0.1) is 10.5 Å². The molecule has 0 bridgehead atoms. The average Bonchev–Trinajstić information content (AvgIpc) is 2.69. The van der Waals surface area contributed by atoms with E-state index in [1.807, 2.05) is 0 Å². The lowest BCUT2D eigenvalue weighted by molar-refractivity contribution is 0.0857. The molecule has 0 aromatic heterocycles. The molecular weight excluding hydrogens is 364 g/mol. The fourth-order valence-corrected chi connectivity index (χ4v) is 5.04. The van der Waals surface area contributed by atoms with Crippen LogP contribution in [0.2, 0.25) is 0 Å². The van der Waals surface area contributed by atoms with Crippen LogP contribution in [0.4, 0.5) is 0 Å². The number of aromatic hydroxyl groups is 1. The van der Waals surface area contributed by atoms with E-state index in [-0.39, 0.29) is 21.8 Å². The summed E-state index contributed by atoms with van der Waals surface area (Å²) in [7, 11) is -4.05. The summed E-state index contributed by atoms with van der Waals surface area (Å²) in [5.74, 6) is -0.368. The van der Waals surface area contributed by atoms with Gasteiger partial charge in [0, 0.05) is 5.56 Å². The van der Waals surface area contributed by atoms with Gasteiger partial charge < -0.3 is 9.84 Å². The molecule has 0 aliphatic carbocycles. The van der Waals surface area contributed by atoms with Gasteiger partial charge in [0.1, 0.15) is 11.5 Å². The van der Waals surface area contributed by atoms with Crippen molar-refractivity contribution in [2.75, 3.05) is 0 Å². The van der Waals surface area contributed by atoms with Crippen molar-refractivity contribution in [3.05, 3.63) is 90.0 Å². The number of hydrogen-bond donors (Lipinski definition) is 1. The molecular formula is C21H16O5S. The van der Waals surface area contributed by atoms with Crippen LogP contribution in [0.1, 0.15) is 22.0 Å². The summed E-state index contributed by atoms with van der Waals surface area (Å²) in [6.45, 7) is 0. The molecule has 136 valence electrons. The predicted octanol–water partition coefficient (Wildman–Crippen LogP) is 3.55. The molecule has 0 spiro atoms. The van der Waals surface area contributed by atoms with Gasteiger partial charge in [0.25, 0.3) is 0 Å². The van der Waals surface area contributed by atoms with Crippen LogP contribution in [0.3, 0.4) is 0 Å². The molecule has 4 rings (SSSR count). The Morgan fingerprint density at radius 1 is 0.815 bits per heavy atom. The van der Waals surface area contributed by atoms with E-state index in [9.17, 15) is 18.3 Å². The number of carbonyl (C=O) groups is 1. The third-order valence-corrected chi connectivity index (χ3v) is 6.65. The number of rotatable bonds is 3. The van der Waals surface area contributed by atoms with Gasteiger partial charge in [0.2, 0.25) is 0 Å². The lowest BCUT2D eigenvalue weighted by Gasteiger charge is -2.32. The average molecular weight is 380 g/mol. The summed E-state index contributed by atoms with van der Waals surface area (Å²) in [5, 5.41) is 8.77. The van der Waals surface area contributed by atoms with Gasteiger partial charge in [-0.15, -0.1) is 0 Å². The van der Waals surface area contributed by atoms with Crippen LogP contribution in [0.15, 0.2) is 83.8 Å². The maximum absolute atomic E-state index is 13.3. The molecule has 1 aliphatic heterocycles. The zero-order chi connectivity index (χ0) is 19.0. The number of ether oxygens (including phenoxy) is 1. The van der Waals surface area contributed by atoms with Gasteiger partial charge in [-0.3, -0.25) is 4.79 Å². The maximum Gasteiger partial charge on any atom is 0.192 e. The van der Waals surface area contributed by atoms with E-state index in [2.05, 4.69) is 0 Å². The van der Waals surface area contributed by atoms with Crippen LogP contribution in [-0.2, 0) is 9.84 Å². The predicted molar refractivity (Wildman–Crippen MR) is 99.7 cm³/mol. The highest BCUT2D eigenvalue weighted by molar-refractivity contribution is 7.93. The van der Waals surface area contributed by atoms with Gasteiger partial charge in [-0.1, -0.05) is 48.5 Å². The number of Topliss-reactive ketones (excluding diaryl/α,β-unsaturated/α-hetero) is 1. The Morgan fingerprint density at radius 2 is 1.44 bits per heavy atom. The van der Waals surface area contributed by atoms with E-state index in [4.69, 9.17) is 4.74 Å². The molecule has 0 radical (unpaired) electrons. The molecule has 2 atom stereocenters. The van der Waals surface area contributed by atoms with Crippen LogP contribution in [0, 0.1) is 0 Å². The molecule has 0 saturated carbocycles. The SMILES string of the molecule is O=C1c2ccccc2O[C@@H](c2ccccc2O)[C@@H]1S(=O)(=O)c1ccccc1. The molecule has 0 saturated heterocycles. The van der Waals surface area contributed by atoms with E-state index < -0.39 is 27.0 Å². The van der Waals surface area contributed by atoms with Crippen molar-refractivity contribution in [1.82, 2.24) is 0 Å². The summed E-state index contributed by atoms with van der Waals surface area (Å²) in [6, 6.07) is 20.6. The second-order valence-corrected chi connectivity index (χ2v) is 8.31. The van der Waals surface area contributed by atoms with Crippen LogP contribution in [0.25, 0.3) is 0 Å². The van der Waals surface area contributed by atoms with Gasteiger partial charge in [-0.2, -0.15) is 0 Å². The Kier molecular flexibility index (Phi) is 4.20. The third kappa shape index (κ3) is 2.88. The highest BCUT2D eigenvalue weighted by atomic mass is 32.2. The normalized spacial score (nSPS) is 19.2. The van der Waals surface area contributed by atoms with E-state index in [1.54, 1.807) is 60.7 Å². The van der Waals surface area contributed by atoms with E-state index in [1.165, 1.54) is 18.2 Å². The van der Waals surface area contributed by atoms with Crippen molar-refractivity contribution >= 4 is 15.6 Å². The highest BCUT2D eigenvalue weighted by Crippen LogP contribution is 2.42. The first-order valence-electron chi connectivity index (χ1n) is 8.37. The number of ketones is 1.